The number of benzene rings is 10. The van der Waals surface area contributed by atoms with Crippen molar-refractivity contribution >= 4 is 134 Å². The molecule has 0 atom stereocenters. The topological polar surface area (TPSA) is 51.1 Å². The Balaban J connectivity index is 1.23. The first-order chi connectivity index (χ1) is 34.6. The third kappa shape index (κ3) is 5.17. The molecular weight excluding hydrogens is 893 g/mol. The fourth-order valence-electron chi connectivity index (χ4n) is 11.5. The van der Waals surface area contributed by atoms with Gasteiger partial charge in [-0.1, -0.05) is 158 Å². The summed E-state index contributed by atoms with van der Waals surface area (Å²) in [5, 5.41) is 23.2. The predicted molar refractivity (Wildman–Crippen MR) is 295 cm³/mol. The Bertz CT molecular complexity index is 4650. The number of nitriles is 1. The van der Waals surface area contributed by atoms with E-state index in [1.54, 1.807) is 22.7 Å². The Kier molecular flexibility index (Phi) is 8.10. The molecule has 0 radical (unpaired) electrons. The summed E-state index contributed by atoms with van der Waals surface area (Å²) in [5.74, 6) is 0. The Hall–Kier alpha value is -8.98. The second-order valence-corrected chi connectivity index (χ2v) is 20.2. The van der Waals surface area contributed by atoms with Gasteiger partial charge in [-0.25, -0.2) is 4.85 Å². The predicted octanol–water partition coefficient (Wildman–Crippen LogP) is 18.6. The van der Waals surface area contributed by atoms with Crippen molar-refractivity contribution in [2.24, 2.45) is 0 Å². The highest BCUT2D eigenvalue weighted by Gasteiger charge is 2.33. The van der Waals surface area contributed by atoms with E-state index in [9.17, 15) is 11.8 Å². The maximum Gasteiger partial charge on any atom is 0.221 e. The van der Waals surface area contributed by atoms with Gasteiger partial charge in [0.1, 0.15) is 11.7 Å². The van der Waals surface area contributed by atoms with E-state index < -0.39 is 0 Å². The number of para-hydroxylation sites is 1. The molecule has 0 bridgehead atoms. The zero-order valence-corrected chi connectivity index (χ0v) is 39.0. The van der Waals surface area contributed by atoms with E-state index in [1.165, 1.54) is 20.2 Å². The highest BCUT2D eigenvalue weighted by Crippen LogP contribution is 2.55. The number of thiophene rings is 2. The molecule has 0 aliphatic rings. The van der Waals surface area contributed by atoms with Gasteiger partial charge in [-0.15, -0.1) is 22.7 Å². The average molecular weight is 927 g/mol. The van der Waals surface area contributed by atoms with E-state index >= 15 is 0 Å². The van der Waals surface area contributed by atoms with Gasteiger partial charge in [-0.05, 0) is 53.9 Å². The van der Waals surface area contributed by atoms with Crippen LogP contribution in [-0.4, -0.2) is 9.13 Å². The number of hydrogen-bond acceptors (Lipinski definition) is 4. The van der Waals surface area contributed by atoms with Crippen LogP contribution < -0.4 is 0 Å². The van der Waals surface area contributed by atoms with E-state index in [0.29, 0.717) is 16.9 Å². The van der Waals surface area contributed by atoms with E-state index in [-0.39, 0.29) is 0 Å². The van der Waals surface area contributed by atoms with Crippen molar-refractivity contribution in [3.05, 3.63) is 211 Å². The maximum absolute atomic E-state index is 12.3. The zero-order chi connectivity index (χ0) is 46.4. The van der Waals surface area contributed by atoms with Crippen LogP contribution in [0.25, 0.3) is 144 Å². The lowest BCUT2D eigenvalue weighted by Crippen LogP contribution is -2.08. The first-order valence-corrected chi connectivity index (χ1v) is 24.9. The Morgan fingerprint density at radius 3 is 1.61 bits per heavy atom. The van der Waals surface area contributed by atoms with Crippen LogP contribution in [0.4, 0.5) is 5.69 Å². The highest BCUT2D eigenvalue weighted by molar-refractivity contribution is 7.27. The van der Waals surface area contributed by atoms with Gasteiger partial charge in [0.15, 0.2) is 5.58 Å². The molecule has 15 rings (SSSR count). The van der Waals surface area contributed by atoms with E-state index in [4.69, 9.17) is 9.26 Å². The molecule has 0 saturated heterocycles. The van der Waals surface area contributed by atoms with E-state index in [1.807, 2.05) is 36.4 Å². The molecule has 7 heteroatoms. The van der Waals surface area contributed by atoms with Crippen molar-refractivity contribution in [1.29, 1.82) is 5.26 Å². The minimum absolute atomic E-state index is 0.394. The molecular formula is C63H34N4OS2. The van der Waals surface area contributed by atoms with Crippen LogP contribution in [0.1, 0.15) is 11.1 Å². The molecule has 0 aliphatic heterocycles. The molecule has 0 spiro atoms. The summed E-state index contributed by atoms with van der Waals surface area (Å²) in [4.78, 5) is 4.69. The monoisotopic (exact) mass is 926 g/mol. The molecule has 0 N–H and O–H groups in total. The Morgan fingerprint density at radius 1 is 0.486 bits per heavy atom. The first kappa shape index (κ1) is 39.1. The van der Waals surface area contributed by atoms with Crippen molar-refractivity contribution in [2.75, 3.05) is 0 Å². The minimum atomic E-state index is 0.394. The number of rotatable bonds is 4. The number of aromatic nitrogens is 2. The first-order valence-electron chi connectivity index (χ1n) is 23.3. The third-order valence-electron chi connectivity index (χ3n) is 14.4. The normalized spacial score (nSPS) is 12.0. The summed E-state index contributed by atoms with van der Waals surface area (Å²) in [6.45, 7) is 11.7. The van der Waals surface area contributed by atoms with E-state index in [2.05, 4.69) is 174 Å². The van der Waals surface area contributed by atoms with Crippen LogP contribution in [0.3, 0.4) is 0 Å². The van der Waals surface area contributed by atoms with Crippen LogP contribution in [0, 0.1) is 24.8 Å². The second-order valence-electron chi connectivity index (χ2n) is 18.1. The second kappa shape index (κ2) is 14.5. The van der Waals surface area contributed by atoms with Gasteiger partial charge in [0, 0.05) is 74.4 Å². The quantitative estimate of drug-likeness (QED) is 0.165. The van der Waals surface area contributed by atoms with Gasteiger partial charge >= 0.3 is 0 Å². The number of nitrogens with zero attached hydrogens (tertiary/aromatic N) is 4. The van der Waals surface area contributed by atoms with Gasteiger partial charge in [0.05, 0.1) is 55.0 Å². The number of furan rings is 1. The summed E-state index contributed by atoms with van der Waals surface area (Å²) in [7, 11) is 0. The lowest BCUT2D eigenvalue weighted by molar-refractivity contribution is 0.670. The maximum atomic E-state index is 12.3. The molecule has 0 fully saturated rings. The SMILES string of the molecule is [C-]#[N+]c1c(-c2ccccc2)c(-n2c3ccccc3c3ccc4c5ccc(C)cc5oc4c32)c(-c2ccccc2)c(C#N)c1-n1c2c(ccc3c4ccccc4sc32)c2ccc3c4ccccc4sc3c21. The van der Waals surface area contributed by atoms with Gasteiger partial charge in [-0.3, -0.25) is 0 Å². The lowest BCUT2D eigenvalue weighted by atomic mass is 9.88. The fourth-order valence-corrected chi connectivity index (χ4v) is 14.0. The van der Waals surface area contributed by atoms with E-state index in [0.717, 1.165) is 119 Å². The van der Waals surface area contributed by atoms with Gasteiger partial charge < -0.3 is 13.6 Å². The molecule has 0 unspecified atom stereocenters. The standard InChI is InChI=1S/C63H34N4OS2/c1-35-25-26-39-45-30-27-42-38-19-9-12-22-49(38)66(57(42)61(45)68-50(39)33-35)60-53(36-15-5-3-6-16-36)48(34-64)56(55(65-2)54(60)37-17-7-4-8-18-37)67-58-43(28-31-46-40-20-10-13-23-51(40)69-62(46)58)44-29-32-47-41-21-11-14-24-52(41)70-63(47)59(44)67/h3-33H,1H3. The number of fused-ring (bicyclic) bond motifs is 18. The van der Waals surface area contributed by atoms with Crippen molar-refractivity contribution in [3.63, 3.8) is 0 Å². The van der Waals surface area contributed by atoms with Crippen molar-refractivity contribution < 1.29 is 4.42 Å². The molecule has 70 heavy (non-hydrogen) atoms. The lowest BCUT2D eigenvalue weighted by Gasteiger charge is -2.25. The smallest absolute Gasteiger partial charge is 0.221 e. The van der Waals surface area contributed by atoms with Gasteiger partial charge in [-0.2, -0.15) is 5.26 Å². The fraction of sp³-hybridized carbons (Fsp3) is 0.0159. The molecule has 5 nitrogen and oxygen atoms in total. The highest BCUT2D eigenvalue weighted by atomic mass is 32.1. The molecule has 0 amide bonds. The van der Waals surface area contributed by atoms with Gasteiger partial charge in [0.25, 0.3) is 0 Å². The molecule has 0 aliphatic carbocycles. The summed E-state index contributed by atoms with van der Waals surface area (Å²) in [6, 6.07) is 68.9. The van der Waals surface area contributed by atoms with Crippen LogP contribution >= 0.6 is 22.7 Å². The molecule has 5 heterocycles. The van der Waals surface area contributed by atoms with Crippen molar-refractivity contribution in [1.82, 2.24) is 9.13 Å². The largest absolute Gasteiger partial charge is 0.454 e. The molecule has 10 aromatic carbocycles. The molecule has 15 aromatic rings. The van der Waals surface area contributed by atoms with Crippen LogP contribution in [0.5, 0.6) is 0 Å². The molecule has 5 aromatic heterocycles. The number of aryl methyl sites for hydroxylation is 1. The Morgan fingerprint density at radius 2 is 1.00 bits per heavy atom. The summed E-state index contributed by atoms with van der Waals surface area (Å²) in [5.41, 5.74) is 11.8. The van der Waals surface area contributed by atoms with Crippen molar-refractivity contribution in [3.8, 4) is 39.7 Å². The van der Waals surface area contributed by atoms with Crippen molar-refractivity contribution in [2.45, 2.75) is 6.92 Å². The van der Waals surface area contributed by atoms with Crippen LogP contribution in [0.2, 0.25) is 0 Å². The van der Waals surface area contributed by atoms with Crippen LogP contribution in [-0.2, 0) is 0 Å². The summed E-state index contributed by atoms with van der Waals surface area (Å²) >= 11 is 3.54. The minimum Gasteiger partial charge on any atom is -0.454 e. The number of hydrogen-bond donors (Lipinski definition) is 0. The summed E-state index contributed by atoms with van der Waals surface area (Å²) < 4.78 is 16.2. The Labute approximate surface area is 407 Å². The zero-order valence-electron chi connectivity index (χ0n) is 37.4. The molecule has 0 saturated carbocycles. The van der Waals surface area contributed by atoms with Gasteiger partial charge in [0.2, 0.25) is 5.69 Å². The summed E-state index contributed by atoms with van der Waals surface area (Å²) in [6.07, 6.45) is 0. The third-order valence-corrected chi connectivity index (χ3v) is 16.8. The average Bonchev–Trinajstić information content (AvgIpc) is 4.22. The van der Waals surface area contributed by atoms with Crippen LogP contribution in [0.15, 0.2) is 192 Å². The molecule has 324 valence electrons.